The van der Waals surface area contributed by atoms with Gasteiger partial charge in [-0.05, 0) is 36.8 Å². The van der Waals surface area contributed by atoms with E-state index in [1.54, 1.807) is 18.2 Å². The predicted molar refractivity (Wildman–Crippen MR) is 71.9 cm³/mol. The minimum Gasteiger partial charge on any atom is -0.508 e. The maximum absolute atomic E-state index is 9.54. The van der Waals surface area contributed by atoms with Crippen LogP contribution in [-0.4, -0.2) is 14.7 Å². The highest BCUT2D eigenvalue weighted by Crippen LogP contribution is 2.25. The Kier molecular flexibility index (Phi) is 2.23. The second-order valence-electron chi connectivity index (χ2n) is 4.32. The fourth-order valence-electron chi connectivity index (χ4n) is 2.11. The molecule has 1 heterocycles. The zero-order valence-electron chi connectivity index (χ0n) is 9.96. The van der Waals surface area contributed by atoms with Crippen molar-refractivity contribution in [2.24, 2.45) is 0 Å². The Hall–Kier alpha value is -2.49. The number of aromatic nitrogens is 2. The first-order valence-electron chi connectivity index (χ1n) is 5.69. The summed E-state index contributed by atoms with van der Waals surface area (Å²) < 4.78 is 1.83. The molecule has 0 aliphatic carbocycles. The Bertz CT molecular complexity index is 731. The van der Waals surface area contributed by atoms with Gasteiger partial charge in [-0.25, -0.2) is 4.98 Å². The second-order valence-corrected chi connectivity index (χ2v) is 4.32. The van der Waals surface area contributed by atoms with Gasteiger partial charge in [0.25, 0.3) is 0 Å². The number of benzene rings is 2. The largest absolute Gasteiger partial charge is 0.508 e. The summed E-state index contributed by atoms with van der Waals surface area (Å²) in [7, 11) is 0. The van der Waals surface area contributed by atoms with E-state index in [0.29, 0.717) is 5.95 Å². The van der Waals surface area contributed by atoms with E-state index in [1.165, 1.54) is 0 Å². The van der Waals surface area contributed by atoms with E-state index in [-0.39, 0.29) is 5.75 Å². The van der Waals surface area contributed by atoms with Gasteiger partial charge in [-0.15, -0.1) is 0 Å². The molecule has 0 atom stereocenters. The zero-order chi connectivity index (χ0) is 12.7. The van der Waals surface area contributed by atoms with E-state index in [1.807, 2.05) is 35.8 Å². The predicted octanol–water partition coefficient (Wildman–Crippen LogP) is 2.62. The highest BCUT2D eigenvalue weighted by Gasteiger charge is 2.10. The number of phenolic OH excluding ortho intramolecular Hbond substituents is 1. The van der Waals surface area contributed by atoms with Crippen molar-refractivity contribution in [3.05, 3.63) is 48.0 Å². The molecule has 0 saturated heterocycles. The first-order chi connectivity index (χ1) is 8.65. The van der Waals surface area contributed by atoms with Crippen LogP contribution in [0.4, 0.5) is 5.95 Å². The van der Waals surface area contributed by atoms with E-state index in [2.05, 4.69) is 4.98 Å². The zero-order valence-corrected chi connectivity index (χ0v) is 9.96. The maximum atomic E-state index is 9.54. The molecular weight excluding hydrogens is 226 g/mol. The van der Waals surface area contributed by atoms with Gasteiger partial charge >= 0.3 is 0 Å². The minimum atomic E-state index is 0.209. The van der Waals surface area contributed by atoms with Gasteiger partial charge in [-0.1, -0.05) is 12.1 Å². The summed E-state index contributed by atoms with van der Waals surface area (Å²) >= 11 is 0. The fraction of sp³-hybridized carbons (Fsp3) is 0.0714. The van der Waals surface area contributed by atoms with Gasteiger partial charge in [-0.2, -0.15) is 0 Å². The van der Waals surface area contributed by atoms with Gasteiger partial charge < -0.3 is 10.8 Å². The number of fused-ring (bicyclic) bond motifs is 1. The summed E-state index contributed by atoms with van der Waals surface area (Å²) in [5, 5.41) is 9.54. The molecule has 0 fully saturated rings. The summed E-state index contributed by atoms with van der Waals surface area (Å²) in [4.78, 5) is 4.34. The molecule has 0 aliphatic heterocycles. The average molecular weight is 239 g/mol. The highest BCUT2D eigenvalue weighted by atomic mass is 16.3. The second kappa shape index (κ2) is 3.77. The lowest BCUT2D eigenvalue weighted by Crippen LogP contribution is -2.00. The Morgan fingerprint density at radius 2 is 2.00 bits per heavy atom. The molecule has 0 aliphatic rings. The maximum Gasteiger partial charge on any atom is 0.205 e. The number of nitrogen functional groups attached to an aromatic ring is 1. The number of nitrogens with zero attached hydrogens (tertiary/aromatic N) is 2. The number of anilines is 1. The van der Waals surface area contributed by atoms with E-state index in [4.69, 9.17) is 5.73 Å². The molecule has 3 aromatic rings. The fourth-order valence-corrected chi connectivity index (χ4v) is 2.11. The van der Waals surface area contributed by atoms with Crippen LogP contribution >= 0.6 is 0 Å². The molecule has 3 N–H and O–H groups in total. The lowest BCUT2D eigenvalue weighted by atomic mass is 10.2. The van der Waals surface area contributed by atoms with Crippen molar-refractivity contribution < 1.29 is 5.11 Å². The van der Waals surface area contributed by atoms with Crippen LogP contribution in [0.2, 0.25) is 0 Å². The first-order valence-corrected chi connectivity index (χ1v) is 5.69. The van der Waals surface area contributed by atoms with Gasteiger partial charge in [0.05, 0.1) is 16.7 Å². The molecule has 0 spiro atoms. The van der Waals surface area contributed by atoms with Gasteiger partial charge in [0.2, 0.25) is 5.95 Å². The summed E-state index contributed by atoms with van der Waals surface area (Å²) in [5.74, 6) is 0.627. The lowest BCUT2D eigenvalue weighted by Gasteiger charge is -2.06. The molecule has 2 aromatic carbocycles. The molecule has 4 nitrogen and oxygen atoms in total. The Morgan fingerprint density at radius 3 is 2.78 bits per heavy atom. The highest BCUT2D eigenvalue weighted by molar-refractivity contribution is 5.81. The van der Waals surface area contributed by atoms with E-state index >= 15 is 0 Å². The normalized spacial score (nSPS) is 10.9. The molecular formula is C14H13N3O. The summed E-state index contributed by atoms with van der Waals surface area (Å²) in [6.07, 6.45) is 0. The monoisotopic (exact) mass is 239 g/mol. The van der Waals surface area contributed by atoms with E-state index in [9.17, 15) is 5.11 Å². The van der Waals surface area contributed by atoms with Crippen LogP contribution in [0, 0.1) is 6.92 Å². The number of rotatable bonds is 1. The van der Waals surface area contributed by atoms with Crippen molar-refractivity contribution in [1.82, 2.24) is 9.55 Å². The number of nitrogens with two attached hydrogens (primary N) is 1. The van der Waals surface area contributed by atoms with Crippen LogP contribution in [0.5, 0.6) is 5.75 Å². The molecule has 4 heteroatoms. The van der Waals surface area contributed by atoms with Gasteiger partial charge in [0.1, 0.15) is 5.75 Å². The Balaban J connectivity index is 2.32. The van der Waals surface area contributed by atoms with Crippen LogP contribution in [0.15, 0.2) is 42.5 Å². The van der Waals surface area contributed by atoms with Crippen molar-refractivity contribution in [2.75, 3.05) is 5.73 Å². The van der Waals surface area contributed by atoms with Crippen molar-refractivity contribution >= 4 is 17.0 Å². The molecule has 0 bridgehead atoms. The van der Waals surface area contributed by atoms with Gasteiger partial charge in [0, 0.05) is 6.07 Å². The summed E-state index contributed by atoms with van der Waals surface area (Å²) in [6.45, 7) is 2.02. The Labute approximate surface area is 104 Å². The molecule has 3 rings (SSSR count). The average Bonchev–Trinajstić information content (AvgIpc) is 2.64. The third-order valence-electron chi connectivity index (χ3n) is 2.92. The van der Waals surface area contributed by atoms with Crippen LogP contribution in [0.3, 0.4) is 0 Å². The molecule has 0 radical (unpaired) electrons. The number of aryl methyl sites for hydroxylation is 1. The standard InChI is InChI=1S/C14H13N3O/c1-9-5-6-13-12(7-9)16-14(15)17(13)10-3-2-4-11(18)8-10/h2-8,18H,1H3,(H2,15,16). The number of imidazole rings is 1. The third-order valence-corrected chi connectivity index (χ3v) is 2.92. The molecule has 0 saturated carbocycles. The van der Waals surface area contributed by atoms with Gasteiger partial charge in [-0.3, -0.25) is 4.57 Å². The van der Waals surface area contributed by atoms with Gasteiger partial charge in [0.15, 0.2) is 0 Å². The lowest BCUT2D eigenvalue weighted by molar-refractivity contribution is 0.475. The van der Waals surface area contributed by atoms with Crippen LogP contribution < -0.4 is 5.73 Å². The number of hydrogen-bond donors (Lipinski definition) is 2. The van der Waals surface area contributed by atoms with Crippen LogP contribution in [-0.2, 0) is 0 Å². The molecule has 0 amide bonds. The topological polar surface area (TPSA) is 64.1 Å². The number of phenols is 1. The van der Waals surface area contributed by atoms with Crippen molar-refractivity contribution in [2.45, 2.75) is 6.92 Å². The molecule has 1 aromatic heterocycles. The van der Waals surface area contributed by atoms with E-state index < -0.39 is 0 Å². The molecule has 18 heavy (non-hydrogen) atoms. The molecule has 0 unspecified atom stereocenters. The first kappa shape index (κ1) is 10.7. The summed E-state index contributed by atoms with van der Waals surface area (Å²) in [6, 6.07) is 13.0. The third kappa shape index (κ3) is 1.59. The number of aromatic hydroxyl groups is 1. The quantitative estimate of drug-likeness (QED) is 0.686. The van der Waals surface area contributed by atoms with Crippen molar-refractivity contribution in [3.8, 4) is 11.4 Å². The minimum absolute atomic E-state index is 0.209. The van der Waals surface area contributed by atoms with Crippen molar-refractivity contribution in [1.29, 1.82) is 0 Å². The smallest absolute Gasteiger partial charge is 0.205 e. The van der Waals surface area contributed by atoms with Crippen LogP contribution in [0.1, 0.15) is 5.56 Å². The molecule has 90 valence electrons. The Morgan fingerprint density at radius 1 is 1.17 bits per heavy atom. The summed E-state index contributed by atoms with van der Waals surface area (Å²) in [5.41, 5.74) is 9.69. The van der Waals surface area contributed by atoms with E-state index in [0.717, 1.165) is 22.3 Å². The SMILES string of the molecule is Cc1ccc2c(c1)nc(N)n2-c1cccc(O)c1. The van der Waals surface area contributed by atoms with Crippen molar-refractivity contribution in [3.63, 3.8) is 0 Å². The van der Waals surface area contributed by atoms with Crippen LogP contribution in [0.25, 0.3) is 16.7 Å². The number of hydrogen-bond acceptors (Lipinski definition) is 3.